The van der Waals surface area contributed by atoms with Crippen molar-refractivity contribution in [1.82, 2.24) is 0 Å². The van der Waals surface area contributed by atoms with Gasteiger partial charge >= 0.3 is 0 Å². The summed E-state index contributed by atoms with van der Waals surface area (Å²) in [6, 6.07) is 0. The number of aliphatic hydroxyl groups is 4. The van der Waals surface area contributed by atoms with E-state index in [1.807, 2.05) is 0 Å². The zero-order chi connectivity index (χ0) is 9.30. The molecular weight excluding hydrogens is 166 g/mol. The number of hydrogen-bond donors (Lipinski definition) is 5. The summed E-state index contributed by atoms with van der Waals surface area (Å²) < 4.78 is 4.70. The molecule has 1 saturated heterocycles. The van der Waals surface area contributed by atoms with Crippen molar-refractivity contribution in [2.75, 3.05) is 6.54 Å². The topological polar surface area (TPSA) is 116 Å². The van der Waals surface area contributed by atoms with E-state index in [0.717, 1.165) is 0 Å². The molecule has 6 nitrogen and oxygen atoms in total. The zero-order valence-corrected chi connectivity index (χ0v) is 6.37. The van der Waals surface area contributed by atoms with Crippen LogP contribution in [-0.4, -0.2) is 57.7 Å². The summed E-state index contributed by atoms with van der Waals surface area (Å²) in [4.78, 5) is 0. The molecule has 0 aromatic rings. The predicted molar refractivity (Wildman–Crippen MR) is 38.0 cm³/mol. The van der Waals surface area contributed by atoms with E-state index in [1.54, 1.807) is 0 Å². The van der Waals surface area contributed by atoms with Crippen molar-refractivity contribution < 1.29 is 25.2 Å². The van der Waals surface area contributed by atoms with Crippen LogP contribution in [0.5, 0.6) is 0 Å². The van der Waals surface area contributed by atoms with E-state index >= 15 is 0 Å². The van der Waals surface area contributed by atoms with Crippen LogP contribution in [0.15, 0.2) is 0 Å². The van der Waals surface area contributed by atoms with Gasteiger partial charge in [-0.05, 0) is 0 Å². The van der Waals surface area contributed by atoms with E-state index in [0.29, 0.717) is 0 Å². The maximum absolute atomic E-state index is 9.20. The van der Waals surface area contributed by atoms with Gasteiger partial charge in [-0.2, -0.15) is 0 Å². The lowest BCUT2D eigenvalue weighted by Gasteiger charge is -2.37. The van der Waals surface area contributed by atoms with E-state index in [9.17, 15) is 5.11 Å². The molecule has 6 N–H and O–H groups in total. The molecule has 1 rings (SSSR count). The third-order valence-electron chi connectivity index (χ3n) is 1.92. The summed E-state index contributed by atoms with van der Waals surface area (Å²) in [6.45, 7) is -0.0258. The Kier molecular flexibility index (Phi) is 2.99. The lowest BCUT2D eigenvalue weighted by atomic mass is 9.99. The number of nitrogens with two attached hydrogens (primary N) is 1. The molecule has 1 aliphatic heterocycles. The third-order valence-corrected chi connectivity index (χ3v) is 1.92. The fraction of sp³-hybridized carbons (Fsp3) is 1.00. The van der Waals surface area contributed by atoms with Crippen LogP contribution in [0.4, 0.5) is 0 Å². The molecule has 0 unspecified atom stereocenters. The summed E-state index contributed by atoms with van der Waals surface area (Å²) in [5.41, 5.74) is 5.17. The van der Waals surface area contributed by atoms with Gasteiger partial charge in [0.15, 0.2) is 6.29 Å². The second-order valence-electron chi connectivity index (χ2n) is 2.77. The van der Waals surface area contributed by atoms with Crippen LogP contribution in [0.1, 0.15) is 0 Å². The Morgan fingerprint density at radius 1 is 1.00 bits per heavy atom. The molecule has 0 amide bonds. The Labute approximate surface area is 69.2 Å². The summed E-state index contributed by atoms with van der Waals surface area (Å²) in [7, 11) is 0. The molecule has 0 saturated carbocycles. The second-order valence-corrected chi connectivity index (χ2v) is 2.77. The van der Waals surface area contributed by atoms with E-state index in [1.165, 1.54) is 0 Å². The van der Waals surface area contributed by atoms with Gasteiger partial charge in [0.2, 0.25) is 0 Å². The van der Waals surface area contributed by atoms with Gasteiger partial charge in [0.25, 0.3) is 0 Å². The quantitative estimate of drug-likeness (QED) is 0.288. The zero-order valence-electron chi connectivity index (χ0n) is 6.37. The first-order valence-electron chi connectivity index (χ1n) is 3.65. The van der Waals surface area contributed by atoms with Crippen LogP contribution in [0.3, 0.4) is 0 Å². The molecule has 0 radical (unpaired) electrons. The molecule has 12 heavy (non-hydrogen) atoms. The Bertz CT molecular complexity index is 150. The third kappa shape index (κ3) is 1.58. The first-order valence-corrected chi connectivity index (χ1v) is 3.65. The molecule has 0 aromatic carbocycles. The van der Waals surface area contributed by atoms with Crippen molar-refractivity contribution >= 4 is 0 Å². The first-order chi connectivity index (χ1) is 5.57. The van der Waals surface area contributed by atoms with Crippen molar-refractivity contribution in [3.8, 4) is 0 Å². The summed E-state index contributed by atoms with van der Waals surface area (Å²) >= 11 is 0. The summed E-state index contributed by atoms with van der Waals surface area (Å²) in [5.74, 6) is 0. The number of rotatable bonds is 1. The highest BCUT2D eigenvalue weighted by Gasteiger charge is 2.42. The smallest absolute Gasteiger partial charge is 0.184 e. The molecule has 1 heterocycles. The second kappa shape index (κ2) is 3.65. The molecule has 0 spiro atoms. The molecule has 0 bridgehead atoms. The average molecular weight is 179 g/mol. The average Bonchev–Trinajstić information content (AvgIpc) is 2.08. The molecule has 0 aliphatic carbocycles. The molecule has 6 heteroatoms. The Morgan fingerprint density at radius 2 is 1.58 bits per heavy atom. The first kappa shape index (κ1) is 9.85. The van der Waals surface area contributed by atoms with E-state index in [-0.39, 0.29) is 6.54 Å². The van der Waals surface area contributed by atoms with Gasteiger partial charge in [-0.25, -0.2) is 0 Å². The van der Waals surface area contributed by atoms with Crippen LogP contribution in [-0.2, 0) is 4.74 Å². The fourth-order valence-corrected chi connectivity index (χ4v) is 1.13. The Morgan fingerprint density at radius 3 is 2.08 bits per heavy atom. The van der Waals surface area contributed by atoms with Crippen molar-refractivity contribution in [3.05, 3.63) is 0 Å². The van der Waals surface area contributed by atoms with Gasteiger partial charge in [-0.1, -0.05) is 0 Å². The summed E-state index contributed by atoms with van der Waals surface area (Å²) in [5, 5.41) is 36.3. The monoisotopic (exact) mass is 179 g/mol. The number of aliphatic hydroxyl groups excluding tert-OH is 4. The molecule has 72 valence electrons. The van der Waals surface area contributed by atoms with E-state index < -0.39 is 30.7 Å². The minimum atomic E-state index is -1.49. The van der Waals surface area contributed by atoms with Crippen LogP contribution >= 0.6 is 0 Å². The van der Waals surface area contributed by atoms with E-state index in [4.69, 9.17) is 25.8 Å². The normalized spacial score (nSPS) is 49.2. The standard InChI is InChI=1S/C6H13NO5/c7-1-2-3(8)4(9)5(10)6(11)12-2/h2-6,8-11H,1,7H2/t2-,3-,4+,5-,6+/m1/s1. The highest BCUT2D eigenvalue weighted by atomic mass is 16.6. The van der Waals surface area contributed by atoms with Crippen LogP contribution in [0, 0.1) is 0 Å². The van der Waals surface area contributed by atoms with Gasteiger partial charge in [0.05, 0.1) is 0 Å². The number of hydrogen-bond acceptors (Lipinski definition) is 6. The summed E-state index contributed by atoms with van der Waals surface area (Å²) in [6.07, 6.45) is -6.48. The highest BCUT2D eigenvalue weighted by Crippen LogP contribution is 2.18. The maximum atomic E-state index is 9.20. The minimum absolute atomic E-state index is 0.0258. The molecule has 0 aromatic heterocycles. The Balaban J connectivity index is 2.63. The van der Waals surface area contributed by atoms with Crippen molar-refractivity contribution in [1.29, 1.82) is 0 Å². The van der Waals surface area contributed by atoms with Gasteiger partial charge < -0.3 is 30.9 Å². The fourth-order valence-electron chi connectivity index (χ4n) is 1.13. The van der Waals surface area contributed by atoms with Gasteiger partial charge in [-0.15, -0.1) is 0 Å². The van der Waals surface area contributed by atoms with Crippen LogP contribution < -0.4 is 5.73 Å². The van der Waals surface area contributed by atoms with Crippen LogP contribution in [0.25, 0.3) is 0 Å². The molecule has 1 aliphatic rings. The van der Waals surface area contributed by atoms with Crippen molar-refractivity contribution in [2.45, 2.75) is 30.7 Å². The van der Waals surface area contributed by atoms with Gasteiger partial charge in [-0.3, -0.25) is 0 Å². The Hall–Kier alpha value is -0.240. The lowest BCUT2D eigenvalue weighted by molar-refractivity contribution is -0.279. The largest absolute Gasteiger partial charge is 0.388 e. The lowest BCUT2D eigenvalue weighted by Crippen LogP contribution is -2.59. The minimum Gasteiger partial charge on any atom is -0.388 e. The van der Waals surface area contributed by atoms with Crippen molar-refractivity contribution in [2.24, 2.45) is 5.73 Å². The van der Waals surface area contributed by atoms with Gasteiger partial charge in [0, 0.05) is 6.54 Å². The van der Waals surface area contributed by atoms with E-state index in [2.05, 4.69) is 0 Å². The molecule has 5 atom stereocenters. The maximum Gasteiger partial charge on any atom is 0.184 e. The SMILES string of the molecule is NC[C@H]1O[C@H](O)[C@H](O)[C@@H](O)[C@@H]1O. The van der Waals surface area contributed by atoms with Crippen molar-refractivity contribution in [3.63, 3.8) is 0 Å². The molecule has 1 fully saturated rings. The molecular formula is C6H13NO5. The van der Waals surface area contributed by atoms with Gasteiger partial charge in [0.1, 0.15) is 24.4 Å². The van der Waals surface area contributed by atoms with Crippen LogP contribution in [0.2, 0.25) is 0 Å². The highest BCUT2D eigenvalue weighted by molar-refractivity contribution is 4.88. The number of ether oxygens (including phenoxy) is 1. The predicted octanol–water partition coefficient (Wildman–Crippen LogP) is -3.25.